The predicted molar refractivity (Wildman–Crippen MR) is 109 cm³/mol. The molecule has 0 aliphatic heterocycles. The van der Waals surface area contributed by atoms with Crippen LogP contribution in [0.15, 0.2) is 61.2 Å². The van der Waals surface area contributed by atoms with E-state index < -0.39 is 0 Å². The van der Waals surface area contributed by atoms with Gasteiger partial charge in [-0.25, -0.2) is 0 Å². The number of ether oxygens (including phenoxy) is 1. The van der Waals surface area contributed by atoms with E-state index in [0.29, 0.717) is 23.7 Å². The van der Waals surface area contributed by atoms with Crippen LogP contribution in [0.4, 0.5) is 17.1 Å². The molecule has 3 N–H and O–H groups in total. The van der Waals surface area contributed by atoms with Crippen molar-refractivity contribution in [3.8, 4) is 5.75 Å². The number of amides is 2. The molecule has 0 heterocycles. The lowest BCUT2D eigenvalue weighted by molar-refractivity contribution is -0.119. The fraction of sp³-hybridized carbons (Fsp3) is 0.238. The standard InChI is InChI=1S/C21H25N3O3/c1-4-11-27-19-10-6-9-18(13-19)23-20(25)14-22-16-7-5-8-17(12-16)24-21(26)15(2)3/h4-10,12-13,15,22H,1,11,14H2,2-3H3,(H,23,25)(H,24,26). The van der Waals surface area contributed by atoms with Crippen LogP contribution >= 0.6 is 0 Å². The van der Waals surface area contributed by atoms with Gasteiger partial charge < -0.3 is 20.7 Å². The van der Waals surface area contributed by atoms with Crippen molar-refractivity contribution in [2.75, 3.05) is 29.1 Å². The zero-order chi connectivity index (χ0) is 19.6. The molecule has 27 heavy (non-hydrogen) atoms. The second-order valence-corrected chi connectivity index (χ2v) is 6.25. The first kappa shape index (κ1) is 20.0. The molecular formula is C21H25N3O3. The first-order valence-corrected chi connectivity index (χ1v) is 8.76. The van der Waals surface area contributed by atoms with E-state index in [2.05, 4.69) is 22.5 Å². The summed E-state index contributed by atoms with van der Waals surface area (Å²) < 4.78 is 5.45. The molecule has 2 aromatic carbocycles. The summed E-state index contributed by atoms with van der Waals surface area (Å²) in [6.45, 7) is 7.77. The van der Waals surface area contributed by atoms with Gasteiger partial charge in [-0.15, -0.1) is 0 Å². The highest BCUT2D eigenvalue weighted by Gasteiger charge is 2.08. The molecule has 0 aliphatic carbocycles. The molecule has 142 valence electrons. The minimum absolute atomic E-state index is 0.0524. The largest absolute Gasteiger partial charge is 0.489 e. The van der Waals surface area contributed by atoms with Gasteiger partial charge in [0.05, 0.1) is 6.54 Å². The molecule has 0 spiro atoms. The predicted octanol–water partition coefficient (Wildman–Crippen LogP) is 3.90. The summed E-state index contributed by atoms with van der Waals surface area (Å²) in [6, 6.07) is 14.4. The monoisotopic (exact) mass is 367 g/mol. The van der Waals surface area contributed by atoms with E-state index in [1.54, 1.807) is 30.3 Å². The van der Waals surface area contributed by atoms with Crippen LogP contribution in [0.25, 0.3) is 0 Å². The van der Waals surface area contributed by atoms with E-state index in [1.165, 1.54) is 0 Å². The van der Waals surface area contributed by atoms with Crippen LogP contribution in [-0.2, 0) is 9.59 Å². The number of nitrogens with one attached hydrogen (secondary N) is 3. The fourth-order valence-corrected chi connectivity index (χ4v) is 2.20. The third-order valence-electron chi connectivity index (χ3n) is 3.59. The summed E-state index contributed by atoms with van der Waals surface area (Å²) in [7, 11) is 0. The Hall–Kier alpha value is -3.28. The Bertz CT molecular complexity index is 803. The number of hydrogen-bond donors (Lipinski definition) is 3. The lowest BCUT2D eigenvalue weighted by Crippen LogP contribution is -2.22. The molecule has 0 saturated carbocycles. The Morgan fingerprint density at radius 1 is 1.04 bits per heavy atom. The number of anilines is 3. The lowest BCUT2D eigenvalue weighted by Gasteiger charge is -2.11. The van der Waals surface area contributed by atoms with Crippen LogP contribution in [0.1, 0.15) is 13.8 Å². The van der Waals surface area contributed by atoms with Gasteiger partial charge in [-0.1, -0.05) is 38.6 Å². The molecule has 0 atom stereocenters. The fourth-order valence-electron chi connectivity index (χ4n) is 2.20. The van der Waals surface area contributed by atoms with Gasteiger partial charge in [-0.05, 0) is 30.3 Å². The summed E-state index contributed by atoms with van der Waals surface area (Å²) in [5, 5.41) is 8.69. The van der Waals surface area contributed by atoms with Crippen molar-refractivity contribution in [2.24, 2.45) is 5.92 Å². The quantitative estimate of drug-likeness (QED) is 0.587. The maximum atomic E-state index is 12.2. The SMILES string of the molecule is C=CCOc1cccc(NC(=O)CNc2cccc(NC(=O)C(C)C)c2)c1. The van der Waals surface area contributed by atoms with E-state index in [1.807, 2.05) is 38.1 Å². The number of rotatable bonds is 9. The third-order valence-corrected chi connectivity index (χ3v) is 3.59. The highest BCUT2D eigenvalue weighted by atomic mass is 16.5. The van der Waals surface area contributed by atoms with E-state index in [-0.39, 0.29) is 24.3 Å². The van der Waals surface area contributed by atoms with Gasteiger partial charge in [-0.2, -0.15) is 0 Å². The summed E-state index contributed by atoms with van der Waals surface area (Å²) in [5.74, 6) is 0.323. The molecule has 0 saturated heterocycles. The highest BCUT2D eigenvalue weighted by molar-refractivity contribution is 5.94. The average Bonchev–Trinajstić information content (AvgIpc) is 2.65. The molecule has 0 aromatic heterocycles. The highest BCUT2D eigenvalue weighted by Crippen LogP contribution is 2.18. The molecule has 0 fully saturated rings. The third kappa shape index (κ3) is 6.86. The number of benzene rings is 2. The van der Waals surface area contributed by atoms with Crippen molar-refractivity contribution in [1.82, 2.24) is 0 Å². The Labute approximate surface area is 159 Å². The number of carbonyl (C=O) groups excluding carboxylic acids is 2. The Morgan fingerprint density at radius 3 is 2.41 bits per heavy atom. The van der Waals surface area contributed by atoms with E-state index in [9.17, 15) is 9.59 Å². The van der Waals surface area contributed by atoms with Crippen LogP contribution in [0.2, 0.25) is 0 Å². The van der Waals surface area contributed by atoms with Crippen LogP contribution in [0, 0.1) is 5.92 Å². The van der Waals surface area contributed by atoms with Crippen molar-refractivity contribution < 1.29 is 14.3 Å². The summed E-state index contributed by atoms with van der Waals surface area (Å²) in [6.07, 6.45) is 1.66. The number of carbonyl (C=O) groups is 2. The maximum absolute atomic E-state index is 12.2. The molecule has 2 aromatic rings. The van der Waals surface area contributed by atoms with Crippen LogP contribution in [0.3, 0.4) is 0 Å². The van der Waals surface area contributed by atoms with Gasteiger partial charge in [0.2, 0.25) is 11.8 Å². The van der Waals surface area contributed by atoms with E-state index in [0.717, 1.165) is 5.69 Å². The van der Waals surface area contributed by atoms with Gasteiger partial charge in [0.25, 0.3) is 0 Å². The van der Waals surface area contributed by atoms with Crippen molar-refractivity contribution >= 4 is 28.9 Å². The van der Waals surface area contributed by atoms with Crippen LogP contribution in [-0.4, -0.2) is 25.0 Å². The van der Waals surface area contributed by atoms with E-state index in [4.69, 9.17) is 4.74 Å². The molecule has 6 heteroatoms. The molecule has 0 unspecified atom stereocenters. The molecule has 6 nitrogen and oxygen atoms in total. The number of hydrogen-bond acceptors (Lipinski definition) is 4. The Balaban J connectivity index is 1.88. The first-order chi connectivity index (χ1) is 13.0. The molecule has 2 amide bonds. The van der Waals surface area contributed by atoms with Gasteiger partial charge in [0.1, 0.15) is 12.4 Å². The summed E-state index contributed by atoms with van der Waals surface area (Å²) >= 11 is 0. The van der Waals surface area contributed by atoms with Gasteiger partial charge in [0.15, 0.2) is 0 Å². The lowest BCUT2D eigenvalue weighted by atomic mass is 10.2. The minimum Gasteiger partial charge on any atom is -0.489 e. The normalized spacial score (nSPS) is 10.2. The second kappa shape index (κ2) is 10.0. The van der Waals surface area contributed by atoms with Crippen molar-refractivity contribution in [1.29, 1.82) is 0 Å². The van der Waals surface area contributed by atoms with E-state index >= 15 is 0 Å². The van der Waals surface area contributed by atoms with Crippen molar-refractivity contribution in [3.63, 3.8) is 0 Å². The molecular weight excluding hydrogens is 342 g/mol. The molecule has 0 aliphatic rings. The van der Waals surface area contributed by atoms with Gasteiger partial charge >= 0.3 is 0 Å². The minimum atomic E-state index is -0.188. The summed E-state index contributed by atoms with van der Waals surface area (Å²) in [5.41, 5.74) is 2.09. The average molecular weight is 367 g/mol. The molecule has 0 bridgehead atoms. The zero-order valence-corrected chi connectivity index (χ0v) is 15.6. The van der Waals surface area contributed by atoms with Crippen molar-refractivity contribution in [2.45, 2.75) is 13.8 Å². The zero-order valence-electron chi connectivity index (χ0n) is 15.6. The molecule has 2 rings (SSSR count). The van der Waals surface area contributed by atoms with Gasteiger partial charge in [-0.3, -0.25) is 9.59 Å². The second-order valence-electron chi connectivity index (χ2n) is 6.25. The molecule has 0 radical (unpaired) electrons. The van der Waals surface area contributed by atoms with Gasteiger partial charge in [0, 0.05) is 29.0 Å². The Morgan fingerprint density at radius 2 is 1.70 bits per heavy atom. The summed E-state index contributed by atoms with van der Waals surface area (Å²) in [4.78, 5) is 23.9. The smallest absolute Gasteiger partial charge is 0.243 e. The van der Waals surface area contributed by atoms with Crippen LogP contribution in [0.5, 0.6) is 5.75 Å². The Kier molecular flexibility index (Phi) is 7.43. The maximum Gasteiger partial charge on any atom is 0.243 e. The van der Waals surface area contributed by atoms with Crippen molar-refractivity contribution in [3.05, 3.63) is 61.2 Å². The van der Waals surface area contributed by atoms with Crippen LogP contribution < -0.4 is 20.7 Å². The topological polar surface area (TPSA) is 79.5 Å². The first-order valence-electron chi connectivity index (χ1n) is 8.76.